The summed E-state index contributed by atoms with van der Waals surface area (Å²) in [5, 5.41) is 1.68. The minimum atomic E-state index is -3.61. The maximum absolute atomic E-state index is 11.9. The average Bonchev–Trinajstić information content (AvgIpc) is 2.47. The van der Waals surface area contributed by atoms with E-state index >= 15 is 0 Å². The lowest BCUT2D eigenvalue weighted by Gasteiger charge is -2.04. The Labute approximate surface area is 128 Å². The van der Waals surface area contributed by atoms with Gasteiger partial charge < -0.3 is 4.74 Å². The van der Waals surface area contributed by atoms with Crippen molar-refractivity contribution in [1.29, 1.82) is 0 Å². The molecule has 2 rings (SSSR count). The number of nitrogens with zero attached hydrogens (tertiary/aromatic N) is 1. The van der Waals surface area contributed by atoms with E-state index in [2.05, 4.69) is 9.71 Å². The first kappa shape index (κ1) is 15.3. The van der Waals surface area contributed by atoms with Gasteiger partial charge in [0.25, 0.3) is 10.0 Å². The molecule has 110 valence electrons. The van der Waals surface area contributed by atoms with Crippen LogP contribution < -0.4 is 9.46 Å². The molecule has 0 aliphatic heterocycles. The van der Waals surface area contributed by atoms with Crippen LogP contribution in [-0.4, -0.2) is 20.5 Å². The number of halogens is 1. The van der Waals surface area contributed by atoms with Gasteiger partial charge in [0, 0.05) is 11.1 Å². The van der Waals surface area contributed by atoms with Crippen molar-refractivity contribution < 1.29 is 13.2 Å². The Kier molecular flexibility index (Phi) is 4.82. The smallest absolute Gasteiger partial charge is 0.255 e. The van der Waals surface area contributed by atoms with Crippen molar-refractivity contribution in [2.75, 3.05) is 11.8 Å². The van der Waals surface area contributed by atoms with Crippen LogP contribution in [0.5, 0.6) is 5.88 Å². The number of pyridine rings is 1. The third-order valence-electron chi connectivity index (χ3n) is 2.52. The molecule has 0 aliphatic carbocycles. The van der Waals surface area contributed by atoms with E-state index in [1.807, 2.05) is 0 Å². The van der Waals surface area contributed by atoms with Crippen LogP contribution in [0.1, 0.15) is 5.56 Å². The fourth-order valence-corrected chi connectivity index (χ4v) is 2.48. The van der Waals surface area contributed by atoms with Gasteiger partial charge in [-0.15, -0.1) is 0 Å². The van der Waals surface area contributed by atoms with Crippen LogP contribution in [0.15, 0.2) is 48.0 Å². The fourth-order valence-electron chi connectivity index (χ4n) is 1.50. The van der Waals surface area contributed by atoms with Crippen molar-refractivity contribution in [2.45, 2.75) is 0 Å². The molecule has 1 heterocycles. The molecular weight excluding hydrogens is 312 g/mol. The Morgan fingerprint density at radius 3 is 2.48 bits per heavy atom. The first-order valence-electron chi connectivity index (χ1n) is 5.95. The molecule has 0 saturated carbocycles. The first-order valence-corrected chi connectivity index (χ1v) is 7.87. The molecule has 0 amide bonds. The standard InChI is InChI=1S/C14H13ClN2O3S/c1-20-14-7-6-13(10-16-14)17-21(18,19)9-8-11-2-4-12(15)5-3-11/h2-10,17H,1H3. The molecule has 0 spiro atoms. The van der Waals surface area contributed by atoms with Gasteiger partial charge in [-0.05, 0) is 29.8 Å². The summed E-state index contributed by atoms with van der Waals surface area (Å²) in [5.74, 6) is 0.412. The second-order valence-electron chi connectivity index (χ2n) is 4.09. The van der Waals surface area contributed by atoms with Crippen LogP contribution in [0, 0.1) is 0 Å². The van der Waals surface area contributed by atoms with Crippen LogP contribution in [0.2, 0.25) is 5.02 Å². The summed E-state index contributed by atoms with van der Waals surface area (Å²) in [6.45, 7) is 0. The molecule has 1 aromatic carbocycles. The van der Waals surface area contributed by atoms with E-state index in [1.54, 1.807) is 36.4 Å². The number of rotatable bonds is 5. The summed E-state index contributed by atoms with van der Waals surface area (Å²) in [6, 6.07) is 9.97. The molecule has 0 atom stereocenters. The highest BCUT2D eigenvalue weighted by molar-refractivity contribution is 7.95. The Hall–Kier alpha value is -2.05. The van der Waals surface area contributed by atoms with E-state index in [-0.39, 0.29) is 0 Å². The number of aromatic nitrogens is 1. The molecule has 1 aromatic heterocycles. The number of hydrogen-bond donors (Lipinski definition) is 1. The van der Waals surface area contributed by atoms with E-state index in [0.29, 0.717) is 16.6 Å². The van der Waals surface area contributed by atoms with E-state index in [0.717, 1.165) is 11.0 Å². The van der Waals surface area contributed by atoms with Crippen molar-refractivity contribution >= 4 is 33.4 Å². The third-order valence-corrected chi connectivity index (χ3v) is 3.78. The van der Waals surface area contributed by atoms with Crippen LogP contribution in [0.25, 0.3) is 6.08 Å². The number of anilines is 1. The molecule has 7 heteroatoms. The zero-order valence-corrected chi connectivity index (χ0v) is 12.7. The molecule has 2 aromatic rings. The zero-order valence-electron chi connectivity index (χ0n) is 11.2. The maximum atomic E-state index is 11.9. The van der Waals surface area contributed by atoms with Gasteiger partial charge in [0.05, 0.1) is 24.4 Å². The van der Waals surface area contributed by atoms with Crippen LogP contribution in [0.3, 0.4) is 0 Å². The maximum Gasteiger partial charge on any atom is 0.255 e. The summed E-state index contributed by atoms with van der Waals surface area (Å²) >= 11 is 5.76. The van der Waals surface area contributed by atoms with E-state index < -0.39 is 10.0 Å². The van der Waals surface area contributed by atoms with Crippen molar-refractivity contribution in [1.82, 2.24) is 4.98 Å². The molecule has 0 bridgehead atoms. The van der Waals surface area contributed by atoms with Gasteiger partial charge in [-0.25, -0.2) is 13.4 Å². The molecule has 0 fully saturated rings. The van der Waals surface area contributed by atoms with Gasteiger partial charge in [-0.2, -0.15) is 0 Å². The summed E-state index contributed by atoms with van der Waals surface area (Å²) in [6.07, 6.45) is 2.86. The Morgan fingerprint density at radius 2 is 1.90 bits per heavy atom. The Morgan fingerprint density at radius 1 is 1.19 bits per heavy atom. The number of nitrogens with one attached hydrogen (secondary N) is 1. The SMILES string of the molecule is COc1ccc(NS(=O)(=O)C=Cc2ccc(Cl)cc2)cn1. The largest absolute Gasteiger partial charge is 0.481 e. The monoisotopic (exact) mass is 324 g/mol. The number of sulfonamides is 1. The van der Waals surface area contributed by atoms with Gasteiger partial charge in [0.1, 0.15) is 0 Å². The molecule has 0 saturated heterocycles. The normalized spacial score (nSPS) is 11.5. The highest BCUT2D eigenvalue weighted by Gasteiger charge is 2.06. The zero-order chi connectivity index (χ0) is 15.3. The second kappa shape index (κ2) is 6.60. The Bertz CT molecular complexity index is 726. The molecular formula is C14H13ClN2O3S. The van der Waals surface area contributed by atoms with E-state index in [9.17, 15) is 8.42 Å². The molecule has 1 N–H and O–H groups in total. The lowest BCUT2D eigenvalue weighted by atomic mass is 10.2. The van der Waals surface area contributed by atoms with Crippen molar-refractivity contribution in [3.8, 4) is 5.88 Å². The number of ether oxygens (including phenoxy) is 1. The summed E-state index contributed by atoms with van der Waals surface area (Å²) in [4.78, 5) is 3.92. The van der Waals surface area contributed by atoms with Crippen molar-refractivity contribution in [3.05, 3.63) is 58.6 Å². The van der Waals surface area contributed by atoms with E-state index in [1.165, 1.54) is 19.4 Å². The molecule has 0 aliphatic rings. The molecule has 0 unspecified atom stereocenters. The van der Waals surface area contributed by atoms with Gasteiger partial charge >= 0.3 is 0 Å². The van der Waals surface area contributed by atoms with Crippen LogP contribution in [-0.2, 0) is 10.0 Å². The molecule has 21 heavy (non-hydrogen) atoms. The molecule has 5 nitrogen and oxygen atoms in total. The minimum Gasteiger partial charge on any atom is -0.481 e. The van der Waals surface area contributed by atoms with E-state index in [4.69, 9.17) is 16.3 Å². The topological polar surface area (TPSA) is 68.3 Å². The highest BCUT2D eigenvalue weighted by Crippen LogP contribution is 2.14. The third kappa shape index (κ3) is 4.77. The predicted molar refractivity (Wildman–Crippen MR) is 83.8 cm³/mol. The lowest BCUT2D eigenvalue weighted by molar-refractivity contribution is 0.398. The number of methoxy groups -OCH3 is 1. The van der Waals surface area contributed by atoms with Gasteiger partial charge in [-0.3, -0.25) is 4.72 Å². The number of hydrogen-bond acceptors (Lipinski definition) is 4. The minimum absolute atomic E-state index is 0.358. The first-order chi connectivity index (χ1) is 9.98. The van der Waals surface area contributed by atoms with Crippen molar-refractivity contribution in [2.24, 2.45) is 0 Å². The Balaban J connectivity index is 2.08. The quantitative estimate of drug-likeness (QED) is 0.917. The van der Waals surface area contributed by atoms with Gasteiger partial charge in [0.2, 0.25) is 5.88 Å². The van der Waals surface area contributed by atoms with Crippen LogP contribution in [0.4, 0.5) is 5.69 Å². The summed E-state index contributed by atoms with van der Waals surface area (Å²) < 4.78 is 31.1. The molecule has 0 radical (unpaired) electrons. The predicted octanol–water partition coefficient (Wildman–Crippen LogP) is 3.16. The lowest BCUT2D eigenvalue weighted by Crippen LogP contribution is -2.09. The highest BCUT2D eigenvalue weighted by atomic mass is 35.5. The second-order valence-corrected chi connectivity index (χ2v) is 6.09. The van der Waals surface area contributed by atoms with Gasteiger partial charge in [0.15, 0.2) is 0 Å². The van der Waals surface area contributed by atoms with Gasteiger partial charge in [-0.1, -0.05) is 23.7 Å². The number of benzene rings is 1. The van der Waals surface area contributed by atoms with Crippen molar-refractivity contribution in [3.63, 3.8) is 0 Å². The van der Waals surface area contributed by atoms with Crippen LogP contribution >= 0.6 is 11.6 Å². The fraction of sp³-hybridized carbons (Fsp3) is 0.0714. The summed E-state index contributed by atoms with van der Waals surface area (Å²) in [7, 11) is -2.12. The average molecular weight is 325 g/mol. The summed E-state index contributed by atoms with van der Waals surface area (Å²) in [5.41, 5.74) is 1.09.